The average molecular weight is 245 g/mol. The van der Waals surface area contributed by atoms with Gasteiger partial charge in [-0.15, -0.1) is 4.72 Å². The minimum absolute atomic E-state index is 0.0811. The van der Waals surface area contributed by atoms with E-state index in [9.17, 15) is 0 Å². The van der Waals surface area contributed by atoms with Gasteiger partial charge < -0.3 is 5.73 Å². The second-order valence-corrected chi connectivity index (χ2v) is 5.46. The molecule has 0 saturated carbocycles. The van der Waals surface area contributed by atoms with E-state index in [4.69, 9.17) is 5.73 Å². The third-order valence-electron chi connectivity index (χ3n) is 2.35. The standard InChI is InChI=1S/C14H17N2S/c15-11-12-16-17(13-7-3-1-4-8-13)14-9-5-2-6-10-14/h1-10,16H,11-12,15H2/q+1. The molecule has 2 nitrogen and oxygen atoms in total. The van der Waals surface area contributed by atoms with Crippen molar-refractivity contribution >= 4 is 11.1 Å². The zero-order valence-electron chi connectivity index (χ0n) is 9.67. The van der Waals surface area contributed by atoms with Gasteiger partial charge in [0.05, 0.1) is 6.54 Å². The molecule has 0 aliphatic carbocycles. The van der Waals surface area contributed by atoms with Gasteiger partial charge in [-0.05, 0) is 24.3 Å². The van der Waals surface area contributed by atoms with Crippen molar-refractivity contribution in [1.29, 1.82) is 0 Å². The molecule has 0 bridgehead atoms. The van der Waals surface area contributed by atoms with Crippen LogP contribution in [-0.4, -0.2) is 13.1 Å². The fourth-order valence-electron chi connectivity index (χ4n) is 1.58. The molecular weight excluding hydrogens is 228 g/mol. The molecular formula is C14H17N2S+. The van der Waals surface area contributed by atoms with Crippen LogP contribution < -0.4 is 10.5 Å². The fourth-order valence-corrected chi connectivity index (χ4v) is 3.36. The summed E-state index contributed by atoms with van der Waals surface area (Å²) in [5.41, 5.74) is 5.57. The zero-order valence-corrected chi connectivity index (χ0v) is 10.5. The monoisotopic (exact) mass is 245 g/mol. The summed E-state index contributed by atoms with van der Waals surface area (Å²) < 4.78 is 3.50. The molecule has 0 saturated heterocycles. The largest absolute Gasteiger partial charge is 0.329 e. The van der Waals surface area contributed by atoms with Crippen molar-refractivity contribution in [3.63, 3.8) is 0 Å². The van der Waals surface area contributed by atoms with Crippen LogP contribution in [0.5, 0.6) is 0 Å². The van der Waals surface area contributed by atoms with Gasteiger partial charge in [0.25, 0.3) is 0 Å². The summed E-state index contributed by atoms with van der Waals surface area (Å²) in [7, 11) is 0. The molecule has 0 atom stereocenters. The Morgan fingerprint density at radius 1 is 0.824 bits per heavy atom. The quantitative estimate of drug-likeness (QED) is 0.792. The molecule has 88 valence electrons. The molecule has 2 aromatic carbocycles. The lowest BCUT2D eigenvalue weighted by molar-refractivity contribution is 0.906. The molecule has 3 N–H and O–H groups in total. The minimum atomic E-state index is -0.0811. The second-order valence-electron chi connectivity index (χ2n) is 3.62. The highest BCUT2D eigenvalue weighted by molar-refractivity contribution is 7.95. The summed E-state index contributed by atoms with van der Waals surface area (Å²) in [6.07, 6.45) is 0. The third kappa shape index (κ3) is 3.33. The number of hydrogen-bond donors (Lipinski definition) is 2. The van der Waals surface area contributed by atoms with E-state index in [1.807, 2.05) is 12.1 Å². The normalized spacial score (nSPS) is 10.7. The summed E-state index contributed by atoms with van der Waals surface area (Å²) in [5, 5.41) is 0. The van der Waals surface area contributed by atoms with Crippen molar-refractivity contribution in [2.75, 3.05) is 13.1 Å². The van der Waals surface area contributed by atoms with Crippen LogP contribution in [0.2, 0.25) is 0 Å². The molecule has 0 radical (unpaired) electrons. The van der Waals surface area contributed by atoms with E-state index in [-0.39, 0.29) is 11.1 Å². The molecule has 0 amide bonds. The Bertz CT molecular complexity index is 391. The highest BCUT2D eigenvalue weighted by Crippen LogP contribution is 2.19. The molecule has 0 aliphatic rings. The van der Waals surface area contributed by atoms with E-state index in [1.165, 1.54) is 9.79 Å². The number of nitrogens with one attached hydrogen (secondary N) is 1. The van der Waals surface area contributed by atoms with E-state index in [0.29, 0.717) is 6.54 Å². The molecule has 0 fully saturated rings. The molecule has 3 heteroatoms. The van der Waals surface area contributed by atoms with Gasteiger partial charge in [-0.1, -0.05) is 36.4 Å². The van der Waals surface area contributed by atoms with Crippen LogP contribution in [0.1, 0.15) is 0 Å². The maximum Gasteiger partial charge on any atom is 0.181 e. The van der Waals surface area contributed by atoms with Gasteiger partial charge in [-0.25, -0.2) is 0 Å². The van der Waals surface area contributed by atoms with Crippen LogP contribution in [0.25, 0.3) is 0 Å². The van der Waals surface area contributed by atoms with Crippen LogP contribution in [0.3, 0.4) is 0 Å². The van der Waals surface area contributed by atoms with Crippen molar-refractivity contribution in [3.8, 4) is 0 Å². The predicted octanol–water partition coefficient (Wildman–Crippen LogP) is 2.19. The number of rotatable bonds is 5. The van der Waals surface area contributed by atoms with Crippen molar-refractivity contribution in [3.05, 3.63) is 60.7 Å². The van der Waals surface area contributed by atoms with Gasteiger partial charge in [0.2, 0.25) is 0 Å². The molecule has 0 spiro atoms. The lowest BCUT2D eigenvalue weighted by Gasteiger charge is -2.07. The molecule has 0 aromatic heterocycles. The first-order chi connectivity index (χ1) is 8.42. The van der Waals surface area contributed by atoms with Crippen LogP contribution in [0, 0.1) is 0 Å². The minimum Gasteiger partial charge on any atom is -0.329 e. The highest BCUT2D eigenvalue weighted by Gasteiger charge is 2.24. The SMILES string of the molecule is NCCN[S+](c1ccccc1)c1ccccc1. The molecule has 0 unspecified atom stereocenters. The van der Waals surface area contributed by atoms with Crippen molar-refractivity contribution in [2.45, 2.75) is 9.79 Å². The van der Waals surface area contributed by atoms with E-state index < -0.39 is 0 Å². The smallest absolute Gasteiger partial charge is 0.181 e. The Hall–Kier alpha value is -1.29. The van der Waals surface area contributed by atoms with E-state index in [2.05, 4.69) is 53.3 Å². The average Bonchev–Trinajstić information content (AvgIpc) is 2.42. The molecule has 0 heterocycles. The van der Waals surface area contributed by atoms with E-state index in [0.717, 1.165) is 6.54 Å². The maximum absolute atomic E-state index is 5.57. The number of benzene rings is 2. The van der Waals surface area contributed by atoms with Crippen LogP contribution >= 0.6 is 0 Å². The Labute approximate surface area is 105 Å². The Morgan fingerprint density at radius 3 is 1.71 bits per heavy atom. The summed E-state index contributed by atoms with van der Waals surface area (Å²) >= 11 is -0.0811. The topological polar surface area (TPSA) is 38.0 Å². The molecule has 2 aromatic rings. The Kier molecular flexibility index (Phi) is 4.62. The van der Waals surface area contributed by atoms with E-state index in [1.54, 1.807) is 0 Å². The fraction of sp³-hybridized carbons (Fsp3) is 0.143. The summed E-state index contributed by atoms with van der Waals surface area (Å²) in [6, 6.07) is 21.0. The summed E-state index contributed by atoms with van der Waals surface area (Å²) in [6.45, 7) is 1.48. The number of nitrogens with two attached hydrogens (primary N) is 1. The lowest BCUT2D eigenvalue weighted by atomic mass is 10.4. The van der Waals surface area contributed by atoms with Gasteiger partial charge in [-0.3, -0.25) is 0 Å². The second kappa shape index (κ2) is 6.45. The van der Waals surface area contributed by atoms with E-state index >= 15 is 0 Å². The summed E-state index contributed by atoms with van der Waals surface area (Å²) in [5.74, 6) is 0. The predicted molar refractivity (Wildman–Crippen MR) is 73.8 cm³/mol. The van der Waals surface area contributed by atoms with Crippen LogP contribution in [-0.2, 0) is 11.1 Å². The van der Waals surface area contributed by atoms with Crippen LogP contribution in [0.15, 0.2) is 70.5 Å². The molecule has 0 aliphatic heterocycles. The molecule has 17 heavy (non-hydrogen) atoms. The van der Waals surface area contributed by atoms with Gasteiger partial charge in [0, 0.05) is 6.54 Å². The third-order valence-corrected chi connectivity index (χ3v) is 4.33. The number of hydrogen-bond acceptors (Lipinski definition) is 2. The van der Waals surface area contributed by atoms with Crippen molar-refractivity contribution < 1.29 is 0 Å². The van der Waals surface area contributed by atoms with Gasteiger partial charge >= 0.3 is 0 Å². The van der Waals surface area contributed by atoms with Crippen molar-refractivity contribution in [1.82, 2.24) is 4.72 Å². The van der Waals surface area contributed by atoms with Gasteiger partial charge in [0.15, 0.2) is 9.79 Å². The van der Waals surface area contributed by atoms with Gasteiger partial charge in [-0.2, -0.15) is 0 Å². The first-order valence-corrected chi connectivity index (χ1v) is 6.92. The highest BCUT2D eigenvalue weighted by atomic mass is 32.2. The van der Waals surface area contributed by atoms with Gasteiger partial charge in [0.1, 0.15) is 11.1 Å². The van der Waals surface area contributed by atoms with Crippen LogP contribution in [0.4, 0.5) is 0 Å². The van der Waals surface area contributed by atoms with Crippen molar-refractivity contribution in [2.24, 2.45) is 5.73 Å². The molecule has 2 rings (SSSR count). The maximum atomic E-state index is 5.57. The Morgan fingerprint density at radius 2 is 1.29 bits per heavy atom. The lowest BCUT2D eigenvalue weighted by Crippen LogP contribution is -2.29. The zero-order chi connectivity index (χ0) is 11.9. The first kappa shape index (κ1) is 12.2. The Balaban J connectivity index is 2.26. The first-order valence-electron chi connectivity index (χ1n) is 5.70. The summed E-state index contributed by atoms with van der Waals surface area (Å²) in [4.78, 5) is 2.60.